The summed E-state index contributed by atoms with van der Waals surface area (Å²) < 4.78 is 5.14. The number of amides is 1. The molecular weight excluding hydrogens is 252 g/mol. The molecule has 1 rings (SSSR count). The van der Waals surface area contributed by atoms with Crippen LogP contribution in [0.5, 0.6) is 5.75 Å². The van der Waals surface area contributed by atoms with Gasteiger partial charge >= 0.3 is 0 Å². The molecule has 20 heavy (non-hydrogen) atoms. The summed E-state index contributed by atoms with van der Waals surface area (Å²) in [7, 11) is 1.64. The average molecular weight is 278 g/mol. The van der Waals surface area contributed by atoms with Gasteiger partial charge in [-0.05, 0) is 37.5 Å². The molecule has 0 fully saturated rings. The second-order valence-corrected chi connectivity index (χ2v) is 5.03. The molecule has 1 aromatic rings. The van der Waals surface area contributed by atoms with Gasteiger partial charge in [0.25, 0.3) is 0 Å². The summed E-state index contributed by atoms with van der Waals surface area (Å²) >= 11 is 0. The number of methoxy groups -OCH3 is 1. The Morgan fingerprint density at radius 3 is 2.15 bits per heavy atom. The van der Waals surface area contributed by atoms with E-state index in [9.17, 15) is 4.79 Å². The average Bonchev–Trinajstić information content (AvgIpc) is 2.51. The predicted molar refractivity (Wildman–Crippen MR) is 81.6 cm³/mol. The summed E-state index contributed by atoms with van der Waals surface area (Å²) in [5.41, 5.74) is 6.54. The molecule has 0 saturated heterocycles. The standard InChI is InChI=1S/C16H26N2O2/c1-5-16(17,6-2)15(19)18(7-3)12-13-8-10-14(20-4)11-9-13/h8-11H,5-7,12,17H2,1-4H3. The van der Waals surface area contributed by atoms with Gasteiger partial charge in [0.1, 0.15) is 5.75 Å². The van der Waals surface area contributed by atoms with Crippen molar-refractivity contribution in [3.8, 4) is 5.75 Å². The zero-order valence-corrected chi connectivity index (χ0v) is 13.0. The van der Waals surface area contributed by atoms with Gasteiger partial charge in [-0.25, -0.2) is 0 Å². The highest BCUT2D eigenvalue weighted by atomic mass is 16.5. The number of nitrogens with two attached hydrogens (primary N) is 1. The van der Waals surface area contributed by atoms with Crippen molar-refractivity contribution in [1.29, 1.82) is 0 Å². The molecule has 4 heteroatoms. The molecule has 0 bridgehead atoms. The third kappa shape index (κ3) is 3.73. The summed E-state index contributed by atoms with van der Waals surface area (Å²) in [5.74, 6) is 0.847. The smallest absolute Gasteiger partial charge is 0.242 e. The van der Waals surface area contributed by atoms with E-state index in [4.69, 9.17) is 10.5 Å². The van der Waals surface area contributed by atoms with Crippen molar-refractivity contribution in [3.63, 3.8) is 0 Å². The molecule has 0 aliphatic heterocycles. The Bertz CT molecular complexity index is 425. The van der Waals surface area contributed by atoms with Crippen LogP contribution in [0.25, 0.3) is 0 Å². The zero-order valence-electron chi connectivity index (χ0n) is 13.0. The first-order valence-corrected chi connectivity index (χ1v) is 7.21. The second kappa shape index (κ2) is 7.29. The van der Waals surface area contributed by atoms with E-state index >= 15 is 0 Å². The lowest BCUT2D eigenvalue weighted by Gasteiger charge is -2.32. The lowest BCUT2D eigenvalue weighted by Crippen LogP contribution is -2.54. The first-order chi connectivity index (χ1) is 9.50. The van der Waals surface area contributed by atoms with Crippen molar-refractivity contribution in [2.24, 2.45) is 5.73 Å². The largest absolute Gasteiger partial charge is 0.497 e. The Morgan fingerprint density at radius 2 is 1.75 bits per heavy atom. The Kier molecular flexibility index (Phi) is 6.02. The van der Waals surface area contributed by atoms with Gasteiger partial charge in [0, 0.05) is 13.1 Å². The number of carbonyl (C=O) groups excluding carboxylic acids is 1. The van der Waals surface area contributed by atoms with E-state index in [1.54, 1.807) is 7.11 Å². The summed E-state index contributed by atoms with van der Waals surface area (Å²) in [5, 5.41) is 0. The molecule has 0 radical (unpaired) electrons. The lowest BCUT2D eigenvalue weighted by molar-refractivity contribution is -0.137. The summed E-state index contributed by atoms with van der Waals surface area (Å²) in [4.78, 5) is 14.4. The fourth-order valence-electron chi connectivity index (χ4n) is 2.15. The topological polar surface area (TPSA) is 55.6 Å². The molecule has 0 aliphatic carbocycles. The number of ether oxygens (including phenoxy) is 1. The number of benzene rings is 1. The fraction of sp³-hybridized carbons (Fsp3) is 0.562. The van der Waals surface area contributed by atoms with E-state index in [0.29, 0.717) is 25.9 Å². The van der Waals surface area contributed by atoms with Gasteiger partial charge in [0.2, 0.25) is 5.91 Å². The van der Waals surface area contributed by atoms with E-state index < -0.39 is 5.54 Å². The van der Waals surface area contributed by atoms with Crippen LogP contribution in [0.1, 0.15) is 39.2 Å². The Labute approximate surface area is 121 Å². The van der Waals surface area contributed by atoms with Crippen molar-refractivity contribution < 1.29 is 9.53 Å². The lowest BCUT2D eigenvalue weighted by atomic mass is 9.92. The van der Waals surface area contributed by atoms with Crippen LogP contribution in [0.3, 0.4) is 0 Å². The van der Waals surface area contributed by atoms with Crippen LogP contribution >= 0.6 is 0 Å². The van der Waals surface area contributed by atoms with Crippen LogP contribution in [0, 0.1) is 0 Å². The maximum absolute atomic E-state index is 12.6. The van der Waals surface area contributed by atoms with E-state index in [2.05, 4.69) is 0 Å². The van der Waals surface area contributed by atoms with Gasteiger partial charge in [-0.15, -0.1) is 0 Å². The van der Waals surface area contributed by atoms with Crippen LogP contribution < -0.4 is 10.5 Å². The van der Waals surface area contributed by atoms with Crippen LogP contribution in [-0.2, 0) is 11.3 Å². The highest BCUT2D eigenvalue weighted by Gasteiger charge is 2.33. The molecule has 1 amide bonds. The normalized spacial score (nSPS) is 11.2. The van der Waals surface area contributed by atoms with Crippen LogP contribution in [-0.4, -0.2) is 30.0 Å². The van der Waals surface area contributed by atoms with Gasteiger partial charge in [-0.3, -0.25) is 4.79 Å². The minimum atomic E-state index is -0.748. The van der Waals surface area contributed by atoms with Gasteiger partial charge < -0.3 is 15.4 Å². The molecular formula is C16H26N2O2. The maximum atomic E-state index is 12.6. The Hall–Kier alpha value is -1.55. The molecule has 2 N–H and O–H groups in total. The number of likely N-dealkylation sites (N-methyl/N-ethyl adjacent to an activating group) is 1. The Balaban J connectivity index is 2.82. The monoisotopic (exact) mass is 278 g/mol. The van der Waals surface area contributed by atoms with Crippen LogP contribution in [0.4, 0.5) is 0 Å². The van der Waals surface area contributed by atoms with Crippen molar-refractivity contribution in [2.45, 2.75) is 45.7 Å². The number of hydrogen-bond acceptors (Lipinski definition) is 3. The molecule has 0 aliphatic rings. The Morgan fingerprint density at radius 1 is 1.20 bits per heavy atom. The predicted octanol–water partition coefficient (Wildman–Crippen LogP) is 2.56. The fourth-order valence-corrected chi connectivity index (χ4v) is 2.15. The first-order valence-electron chi connectivity index (χ1n) is 7.21. The SMILES string of the molecule is CCN(Cc1ccc(OC)cc1)C(=O)C(N)(CC)CC. The van der Waals surface area contributed by atoms with E-state index in [1.807, 2.05) is 49.9 Å². The number of nitrogens with zero attached hydrogens (tertiary/aromatic N) is 1. The number of hydrogen-bond donors (Lipinski definition) is 1. The second-order valence-electron chi connectivity index (χ2n) is 5.03. The molecule has 0 saturated carbocycles. The van der Waals surface area contributed by atoms with Gasteiger partial charge in [0.05, 0.1) is 12.6 Å². The molecule has 4 nitrogen and oxygen atoms in total. The molecule has 0 aromatic heterocycles. The third-order valence-corrected chi connectivity index (χ3v) is 3.89. The van der Waals surface area contributed by atoms with Crippen molar-refractivity contribution in [2.75, 3.05) is 13.7 Å². The van der Waals surface area contributed by atoms with Gasteiger partial charge in [-0.2, -0.15) is 0 Å². The van der Waals surface area contributed by atoms with Crippen molar-refractivity contribution in [1.82, 2.24) is 4.90 Å². The molecule has 112 valence electrons. The number of rotatable bonds is 7. The van der Waals surface area contributed by atoms with E-state index in [0.717, 1.165) is 11.3 Å². The first kappa shape index (κ1) is 16.5. The molecule has 1 aromatic carbocycles. The molecule has 0 heterocycles. The van der Waals surface area contributed by atoms with Crippen LogP contribution in [0.15, 0.2) is 24.3 Å². The highest BCUT2D eigenvalue weighted by molar-refractivity contribution is 5.86. The van der Waals surface area contributed by atoms with E-state index in [1.165, 1.54) is 0 Å². The number of carbonyl (C=O) groups is 1. The van der Waals surface area contributed by atoms with E-state index in [-0.39, 0.29) is 5.91 Å². The summed E-state index contributed by atoms with van der Waals surface area (Å²) in [6.45, 7) is 7.14. The molecule has 0 unspecified atom stereocenters. The van der Waals surface area contributed by atoms with Gasteiger partial charge in [-0.1, -0.05) is 26.0 Å². The van der Waals surface area contributed by atoms with Crippen molar-refractivity contribution in [3.05, 3.63) is 29.8 Å². The zero-order chi connectivity index (χ0) is 15.2. The summed E-state index contributed by atoms with van der Waals surface area (Å²) in [6.07, 6.45) is 1.31. The highest BCUT2D eigenvalue weighted by Crippen LogP contribution is 2.18. The minimum absolute atomic E-state index is 0.0285. The summed E-state index contributed by atoms with van der Waals surface area (Å²) in [6, 6.07) is 7.77. The maximum Gasteiger partial charge on any atom is 0.242 e. The molecule has 0 atom stereocenters. The van der Waals surface area contributed by atoms with Gasteiger partial charge in [0.15, 0.2) is 0 Å². The van der Waals surface area contributed by atoms with Crippen molar-refractivity contribution >= 4 is 5.91 Å². The van der Waals surface area contributed by atoms with Crippen LogP contribution in [0.2, 0.25) is 0 Å². The minimum Gasteiger partial charge on any atom is -0.497 e. The molecule has 0 spiro atoms. The third-order valence-electron chi connectivity index (χ3n) is 3.89. The quantitative estimate of drug-likeness (QED) is 0.834.